The Morgan fingerprint density at radius 3 is 2.64 bits per heavy atom. The molecule has 0 bridgehead atoms. The molecule has 0 saturated carbocycles. The van der Waals surface area contributed by atoms with Crippen molar-refractivity contribution in [1.82, 2.24) is 9.97 Å². The molecule has 1 aliphatic heterocycles. The third-order valence-corrected chi connectivity index (χ3v) is 4.58. The number of aromatic nitrogens is 2. The highest BCUT2D eigenvalue weighted by Gasteiger charge is 2.25. The fraction of sp³-hybridized carbons (Fsp3) is 0.350. The Morgan fingerprint density at radius 2 is 1.96 bits per heavy atom. The van der Waals surface area contributed by atoms with E-state index in [1.165, 1.54) is 6.92 Å². The van der Waals surface area contributed by atoms with Crippen molar-refractivity contribution in [3.8, 4) is 0 Å². The number of rotatable bonds is 6. The van der Waals surface area contributed by atoms with E-state index < -0.39 is 12.1 Å². The van der Waals surface area contributed by atoms with E-state index in [1.807, 2.05) is 0 Å². The Morgan fingerprint density at radius 1 is 1.25 bits per heavy atom. The van der Waals surface area contributed by atoms with Gasteiger partial charge in [0.05, 0.1) is 0 Å². The summed E-state index contributed by atoms with van der Waals surface area (Å²) in [4.78, 5) is 47.8. The standard InChI is InChI=1S/C20H22N4O4/c1-13(28-18(26)12-23(3)20-21-8-4-9-22-20)19(27)16-5-6-17-15(11-16)7-10-24(17)14(2)25/h4-6,8-9,11,13H,7,10,12H2,1-3H3. The first kappa shape index (κ1) is 19.5. The van der Waals surface area contributed by atoms with E-state index in [2.05, 4.69) is 9.97 Å². The van der Waals surface area contributed by atoms with Crippen LogP contribution in [0.5, 0.6) is 0 Å². The van der Waals surface area contributed by atoms with Gasteiger partial charge in [0.25, 0.3) is 0 Å². The second-order valence-electron chi connectivity index (χ2n) is 6.67. The van der Waals surface area contributed by atoms with Crippen LogP contribution in [0.4, 0.5) is 11.6 Å². The number of benzene rings is 1. The van der Waals surface area contributed by atoms with Gasteiger partial charge in [-0.3, -0.25) is 14.4 Å². The Kier molecular flexibility index (Phi) is 5.67. The second kappa shape index (κ2) is 8.16. The summed E-state index contributed by atoms with van der Waals surface area (Å²) in [7, 11) is 1.67. The zero-order chi connectivity index (χ0) is 20.3. The fourth-order valence-electron chi connectivity index (χ4n) is 3.16. The molecule has 1 aromatic carbocycles. The number of anilines is 2. The maximum absolute atomic E-state index is 12.7. The number of amides is 1. The number of Topliss-reactive ketones (excluding diaryl/α,β-unsaturated/α-hetero) is 1. The smallest absolute Gasteiger partial charge is 0.326 e. The molecule has 8 nitrogen and oxygen atoms in total. The summed E-state index contributed by atoms with van der Waals surface area (Å²) >= 11 is 0. The van der Waals surface area contributed by atoms with Crippen molar-refractivity contribution < 1.29 is 19.1 Å². The zero-order valence-electron chi connectivity index (χ0n) is 16.1. The van der Waals surface area contributed by atoms with Crippen molar-refractivity contribution in [3.05, 3.63) is 47.8 Å². The van der Waals surface area contributed by atoms with Crippen LogP contribution in [0, 0.1) is 0 Å². The van der Waals surface area contributed by atoms with Gasteiger partial charge in [-0.15, -0.1) is 0 Å². The van der Waals surface area contributed by atoms with Crippen LogP contribution in [0.25, 0.3) is 0 Å². The van der Waals surface area contributed by atoms with E-state index in [9.17, 15) is 14.4 Å². The molecular formula is C20H22N4O4. The van der Waals surface area contributed by atoms with E-state index >= 15 is 0 Å². The average Bonchev–Trinajstić information content (AvgIpc) is 3.11. The molecule has 0 saturated heterocycles. The van der Waals surface area contributed by atoms with Gasteiger partial charge in [-0.2, -0.15) is 0 Å². The number of hydrogen-bond acceptors (Lipinski definition) is 7. The Hall–Kier alpha value is -3.29. The number of likely N-dealkylation sites (N-methyl/N-ethyl adjacent to an activating group) is 1. The molecule has 3 rings (SSSR count). The van der Waals surface area contributed by atoms with E-state index in [0.29, 0.717) is 24.5 Å². The molecule has 0 radical (unpaired) electrons. The monoisotopic (exact) mass is 382 g/mol. The molecule has 8 heteroatoms. The van der Waals surface area contributed by atoms with Crippen LogP contribution in [0.15, 0.2) is 36.7 Å². The summed E-state index contributed by atoms with van der Waals surface area (Å²) in [6.45, 7) is 3.61. The molecule has 0 fully saturated rings. The minimum Gasteiger partial charge on any atom is -0.453 e. The van der Waals surface area contributed by atoms with Gasteiger partial charge in [0.2, 0.25) is 17.6 Å². The number of carbonyl (C=O) groups is 3. The van der Waals surface area contributed by atoms with Gasteiger partial charge in [0.1, 0.15) is 6.54 Å². The lowest BCUT2D eigenvalue weighted by atomic mass is 10.0. The van der Waals surface area contributed by atoms with Gasteiger partial charge in [-0.25, -0.2) is 9.97 Å². The highest BCUT2D eigenvalue weighted by Crippen LogP contribution is 2.29. The molecule has 1 aromatic heterocycles. The maximum Gasteiger partial charge on any atom is 0.326 e. The molecule has 1 unspecified atom stereocenters. The summed E-state index contributed by atoms with van der Waals surface area (Å²) in [5, 5.41) is 0. The summed E-state index contributed by atoms with van der Waals surface area (Å²) in [6, 6.07) is 6.89. The number of hydrogen-bond donors (Lipinski definition) is 0. The van der Waals surface area contributed by atoms with Crippen LogP contribution in [0.3, 0.4) is 0 Å². The van der Waals surface area contributed by atoms with Crippen LogP contribution in [-0.4, -0.2) is 53.9 Å². The van der Waals surface area contributed by atoms with E-state index in [4.69, 9.17) is 4.74 Å². The lowest BCUT2D eigenvalue weighted by molar-refractivity contribution is -0.144. The molecule has 146 valence electrons. The molecular weight excluding hydrogens is 360 g/mol. The van der Waals surface area contributed by atoms with Crippen LogP contribution >= 0.6 is 0 Å². The highest BCUT2D eigenvalue weighted by atomic mass is 16.5. The summed E-state index contributed by atoms with van der Waals surface area (Å²) in [5.74, 6) is -0.450. The lowest BCUT2D eigenvalue weighted by Gasteiger charge is -2.18. The van der Waals surface area contributed by atoms with Crippen molar-refractivity contribution in [2.24, 2.45) is 0 Å². The first-order valence-corrected chi connectivity index (χ1v) is 8.99. The lowest BCUT2D eigenvalue weighted by Crippen LogP contribution is -2.33. The molecule has 1 atom stereocenters. The maximum atomic E-state index is 12.7. The first-order valence-electron chi connectivity index (χ1n) is 8.99. The minimum atomic E-state index is -0.916. The normalized spacial score (nSPS) is 13.6. The number of esters is 1. The van der Waals surface area contributed by atoms with Crippen molar-refractivity contribution in [2.75, 3.05) is 29.9 Å². The number of ketones is 1. The Balaban J connectivity index is 1.62. The molecule has 28 heavy (non-hydrogen) atoms. The van der Waals surface area contributed by atoms with Crippen molar-refractivity contribution in [3.63, 3.8) is 0 Å². The number of carbonyl (C=O) groups excluding carboxylic acids is 3. The van der Waals surface area contributed by atoms with Crippen LogP contribution < -0.4 is 9.80 Å². The van der Waals surface area contributed by atoms with Crippen LogP contribution in [0.2, 0.25) is 0 Å². The van der Waals surface area contributed by atoms with Gasteiger partial charge in [0, 0.05) is 44.2 Å². The zero-order valence-corrected chi connectivity index (χ0v) is 16.1. The summed E-state index contributed by atoms with van der Waals surface area (Å²) in [6.07, 6.45) is 2.95. The fourth-order valence-corrected chi connectivity index (χ4v) is 3.16. The molecule has 1 amide bonds. The van der Waals surface area contributed by atoms with Gasteiger partial charge in [0.15, 0.2) is 6.10 Å². The number of nitrogens with zero attached hydrogens (tertiary/aromatic N) is 4. The summed E-state index contributed by atoms with van der Waals surface area (Å²) in [5.41, 5.74) is 2.24. The Bertz CT molecular complexity index is 900. The summed E-state index contributed by atoms with van der Waals surface area (Å²) < 4.78 is 5.29. The number of ether oxygens (including phenoxy) is 1. The molecule has 2 heterocycles. The van der Waals surface area contributed by atoms with Crippen molar-refractivity contribution in [2.45, 2.75) is 26.4 Å². The van der Waals surface area contributed by atoms with Crippen molar-refractivity contribution in [1.29, 1.82) is 0 Å². The van der Waals surface area contributed by atoms with E-state index in [-0.39, 0.29) is 18.2 Å². The average molecular weight is 382 g/mol. The molecule has 0 aliphatic carbocycles. The van der Waals surface area contributed by atoms with Crippen molar-refractivity contribution >= 4 is 29.3 Å². The second-order valence-corrected chi connectivity index (χ2v) is 6.67. The topological polar surface area (TPSA) is 92.7 Å². The first-order chi connectivity index (χ1) is 13.4. The van der Waals surface area contributed by atoms with Gasteiger partial charge in [-0.1, -0.05) is 0 Å². The molecule has 0 spiro atoms. The number of fused-ring (bicyclic) bond motifs is 1. The molecule has 2 aromatic rings. The molecule has 1 aliphatic rings. The van der Waals surface area contributed by atoms with Crippen LogP contribution in [-0.2, 0) is 20.7 Å². The van der Waals surface area contributed by atoms with E-state index in [0.717, 1.165) is 11.3 Å². The third kappa shape index (κ3) is 4.16. The van der Waals surface area contributed by atoms with Gasteiger partial charge in [-0.05, 0) is 43.2 Å². The SMILES string of the molecule is CC(=O)N1CCc2cc(C(=O)C(C)OC(=O)CN(C)c3ncccn3)ccc21. The predicted molar refractivity (Wildman–Crippen MR) is 103 cm³/mol. The molecule has 0 N–H and O–H groups in total. The quantitative estimate of drug-likeness (QED) is 0.554. The van der Waals surface area contributed by atoms with Gasteiger partial charge >= 0.3 is 5.97 Å². The highest BCUT2D eigenvalue weighted by molar-refractivity contribution is 6.02. The third-order valence-electron chi connectivity index (χ3n) is 4.58. The Labute approximate surface area is 163 Å². The largest absolute Gasteiger partial charge is 0.453 e. The van der Waals surface area contributed by atoms with E-state index in [1.54, 1.807) is 60.4 Å². The van der Waals surface area contributed by atoms with Crippen LogP contribution in [0.1, 0.15) is 29.8 Å². The minimum absolute atomic E-state index is 0.0216. The van der Waals surface area contributed by atoms with Gasteiger partial charge < -0.3 is 14.5 Å². The predicted octanol–water partition coefficient (Wildman–Crippen LogP) is 1.64.